The van der Waals surface area contributed by atoms with E-state index in [-0.39, 0.29) is 24.4 Å². The van der Waals surface area contributed by atoms with Crippen LogP contribution < -0.4 is 20.3 Å². The molecular weight excluding hydrogens is 404 g/mol. The lowest BCUT2D eigenvalue weighted by atomic mass is 10.2. The summed E-state index contributed by atoms with van der Waals surface area (Å²) >= 11 is 0. The van der Waals surface area contributed by atoms with Crippen molar-refractivity contribution in [2.24, 2.45) is 0 Å². The van der Waals surface area contributed by atoms with Crippen LogP contribution in [0.3, 0.4) is 0 Å². The van der Waals surface area contributed by atoms with Gasteiger partial charge in [-0.1, -0.05) is 0 Å². The van der Waals surface area contributed by atoms with Crippen molar-refractivity contribution in [1.82, 2.24) is 19.7 Å². The lowest BCUT2D eigenvalue weighted by Crippen LogP contribution is -2.43. The normalized spacial score (nSPS) is 16.2. The Morgan fingerprint density at radius 2 is 2.03 bits per heavy atom. The number of nitrogens with one attached hydrogen (secondary N) is 2. The third-order valence-electron chi connectivity index (χ3n) is 5.21. The Kier molecular flexibility index (Phi) is 5.78. The van der Waals surface area contributed by atoms with Crippen LogP contribution >= 0.6 is 12.4 Å². The highest BCUT2D eigenvalue weighted by molar-refractivity contribution is 6.05. The van der Waals surface area contributed by atoms with Gasteiger partial charge in [0, 0.05) is 44.6 Å². The number of aromatic nitrogens is 3. The summed E-state index contributed by atoms with van der Waals surface area (Å²) in [5, 5.41) is 6.24. The topological polar surface area (TPSA) is 83.8 Å². The standard InChI is InChI=1S/C21H24N6O2.ClH/c1-14-12-27-13-17(18(10-20(27)24-14)29-16-3-4-16)21(28)25-19-5-2-15(11-23-19)26-8-6-22-7-9-26;/h2,5,10-13,16,22H,3-4,6-9H2,1H3,(H,23,25,28);1H. The van der Waals surface area contributed by atoms with Crippen LogP contribution in [-0.2, 0) is 0 Å². The van der Waals surface area contributed by atoms with Crippen LogP contribution in [0, 0.1) is 6.92 Å². The van der Waals surface area contributed by atoms with Crippen LogP contribution in [0.15, 0.2) is 36.8 Å². The molecule has 1 saturated heterocycles. The van der Waals surface area contributed by atoms with Gasteiger partial charge in [0.1, 0.15) is 17.2 Å². The number of carbonyl (C=O) groups is 1. The van der Waals surface area contributed by atoms with Gasteiger partial charge in [0.15, 0.2) is 0 Å². The molecule has 0 bridgehead atoms. The zero-order valence-corrected chi connectivity index (χ0v) is 17.6. The average molecular weight is 429 g/mol. The van der Waals surface area contributed by atoms with E-state index in [9.17, 15) is 4.79 Å². The maximum Gasteiger partial charge on any atom is 0.262 e. The molecule has 1 aliphatic carbocycles. The molecule has 0 atom stereocenters. The predicted octanol–water partition coefficient (Wildman–Crippen LogP) is 2.66. The first-order valence-electron chi connectivity index (χ1n) is 10.0. The van der Waals surface area contributed by atoms with E-state index < -0.39 is 0 Å². The summed E-state index contributed by atoms with van der Waals surface area (Å²) in [5.74, 6) is 0.852. The van der Waals surface area contributed by atoms with Crippen LogP contribution in [-0.4, -0.2) is 52.6 Å². The van der Waals surface area contributed by atoms with E-state index >= 15 is 0 Å². The summed E-state index contributed by atoms with van der Waals surface area (Å²) in [7, 11) is 0. The second kappa shape index (κ2) is 8.49. The zero-order valence-electron chi connectivity index (χ0n) is 16.8. The fraction of sp³-hybridized carbons (Fsp3) is 0.381. The molecule has 0 radical (unpaired) electrons. The minimum atomic E-state index is -0.240. The number of halogens is 1. The van der Waals surface area contributed by atoms with E-state index in [1.165, 1.54) is 0 Å². The van der Waals surface area contributed by atoms with Crippen molar-refractivity contribution < 1.29 is 9.53 Å². The van der Waals surface area contributed by atoms with E-state index in [4.69, 9.17) is 4.74 Å². The number of rotatable bonds is 5. The summed E-state index contributed by atoms with van der Waals surface area (Å²) in [6.45, 7) is 5.79. The van der Waals surface area contributed by atoms with Crippen LogP contribution in [0.5, 0.6) is 5.75 Å². The molecule has 3 aromatic rings. The van der Waals surface area contributed by atoms with E-state index in [2.05, 4.69) is 25.5 Å². The number of ether oxygens (including phenoxy) is 1. The Morgan fingerprint density at radius 1 is 1.23 bits per heavy atom. The fourth-order valence-corrected chi connectivity index (χ4v) is 3.53. The molecule has 158 valence electrons. The molecule has 0 aromatic carbocycles. The number of nitrogens with zero attached hydrogens (tertiary/aromatic N) is 4. The van der Waals surface area contributed by atoms with Gasteiger partial charge in [-0.2, -0.15) is 0 Å². The Labute approximate surface area is 181 Å². The average Bonchev–Trinajstić information content (AvgIpc) is 3.47. The number of carbonyl (C=O) groups excluding carboxylic acids is 1. The Bertz CT molecular complexity index is 1040. The van der Waals surface area contributed by atoms with E-state index in [0.29, 0.717) is 17.1 Å². The van der Waals surface area contributed by atoms with Gasteiger partial charge in [-0.15, -0.1) is 12.4 Å². The van der Waals surface area contributed by atoms with Crippen LogP contribution in [0.1, 0.15) is 28.9 Å². The molecule has 5 rings (SSSR count). The molecule has 9 heteroatoms. The number of piperazine rings is 1. The highest BCUT2D eigenvalue weighted by atomic mass is 35.5. The highest BCUT2D eigenvalue weighted by Crippen LogP contribution is 2.30. The molecule has 30 heavy (non-hydrogen) atoms. The molecule has 1 aliphatic heterocycles. The number of pyridine rings is 2. The number of hydrogen-bond donors (Lipinski definition) is 2. The van der Waals surface area contributed by atoms with Crippen molar-refractivity contribution in [3.8, 4) is 5.75 Å². The van der Waals surface area contributed by atoms with Crippen molar-refractivity contribution in [3.05, 3.63) is 48.0 Å². The molecular formula is C21H25ClN6O2. The molecule has 2 N–H and O–H groups in total. The maximum absolute atomic E-state index is 13.0. The van der Waals surface area contributed by atoms with Gasteiger partial charge in [0.25, 0.3) is 5.91 Å². The van der Waals surface area contributed by atoms with E-state index in [0.717, 1.165) is 56.0 Å². The molecule has 2 aliphatic rings. The van der Waals surface area contributed by atoms with E-state index in [1.807, 2.05) is 41.9 Å². The number of anilines is 2. The third kappa shape index (κ3) is 4.34. The molecule has 2 fully saturated rings. The molecule has 0 unspecified atom stereocenters. The van der Waals surface area contributed by atoms with Gasteiger partial charge < -0.3 is 24.7 Å². The summed E-state index contributed by atoms with van der Waals surface area (Å²) < 4.78 is 7.84. The third-order valence-corrected chi connectivity index (χ3v) is 5.21. The van der Waals surface area contributed by atoms with Crippen molar-refractivity contribution in [3.63, 3.8) is 0 Å². The molecule has 1 amide bonds. The smallest absolute Gasteiger partial charge is 0.262 e. The summed E-state index contributed by atoms with van der Waals surface area (Å²) in [5.41, 5.74) is 3.21. The molecule has 1 saturated carbocycles. The van der Waals surface area contributed by atoms with Crippen LogP contribution in [0.4, 0.5) is 11.5 Å². The number of hydrogen-bond acceptors (Lipinski definition) is 6. The second-order valence-corrected chi connectivity index (χ2v) is 7.61. The van der Waals surface area contributed by atoms with Gasteiger partial charge in [-0.05, 0) is 31.9 Å². The van der Waals surface area contributed by atoms with Crippen molar-refractivity contribution >= 4 is 35.5 Å². The van der Waals surface area contributed by atoms with Gasteiger partial charge in [-0.3, -0.25) is 4.79 Å². The summed E-state index contributed by atoms with van der Waals surface area (Å²) in [6.07, 6.45) is 7.72. The van der Waals surface area contributed by atoms with E-state index in [1.54, 1.807) is 6.20 Å². The van der Waals surface area contributed by atoms with Crippen molar-refractivity contribution in [1.29, 1.82) is 0 Å². The zero-order chi connectivity index (χ0) is 19.8. The Balaban J connectivity index is 0.00000218. The minimum absolute atomic E-state index is 0. The highest BCUT2D eigenvalue weighted by Gasteiger charge is 2.26. The van der Waals surface area contributed by atoms with Crippen LogP contribution in [0.25, 0.3) is 5.65 Å². The number of fused-ring (bicyclic) bond motifs is 1. The van der Waals surface area contributed by atoms with Crippen LogP contribution in [0.2, 0.25) is 0 Å². The lowest BCUT2D eigenvalue weighted by Gasteiger charge is -2.29. The predicted molar refractivity (Wildman–Crippen MR) is 118 cm³/mol. The first-order valence-corrected chi connectivity index (χ1v) is 10.0. The monoisotopic (exact) mass is 428 g/mol. The molecule has 0 spiro atoms. The maximum atomic E-state index is 13.0. The van der Waals surface area contributed by atoms with Gasteiger partial charge in [-0.25, -0.2) is 9.97 Å². The quantitative estimate of drug-likeness (QED) is 0.650. The first kappa shape index (κ1) is 20.4. The Morgan fingerprint density at radius 3 is 2.73 bits per heavy atom. The fourth-order valence-electron chi connectivity index (χ4n) is 3.53. The number of imidazole rings is 1. The molecule has 4 heterocycles. The SMILES string of the molecule is Cc1cn2cc(C(=O)Nc3ccc(N4CCNCC4)cn3)c(OC3CC3)cc2n1.Cl. The lowest BCUT2D eigenvalue weighted by molar-refractivity contribution is 0.102. The Hall–Kier alpha value is -2.84. The molecule has 8 nitrogen and oxygen atoms in total. The number of amides is 1. The van der Waals surface area contributed by atoms with Gasteiger partial charge in [0.2, 0.25) is 0 Å². The van der Waals surface area contributed by atoms with Gasteiger partial charge in [0.05, 0.1) is 29.2 Å². The van der Waals surface area contributed by atoms with Gasteiger partial charge >= 0.3 is 0 Å². The minimum Gasteiger partial charge on any atom is -0.489 e. The first-order chi connectivity index (χ1) is 14.2. The van der Waals surface area contributed by atoms with Crippen molar-refractivity contribution in [2.75, 3.05) is 36.4 Å². The second-order valence-electron chi connectivity index (χ2n) is 7.61. The van der Waals surface area contributed by atoms with Crippen molar-refractivity contribution in [2.45, 2.75) is 25.9 Å². The summed E-state index contributed by atoms with van der Waals surface area (Å²) in [6, 6.07) is 5.68. The number of aryl methyl sites for hydroxylation is 1. The molecule has 3 aromatic heterocycles. The summed E-state index contributed by atoms with van der Waals surface area (Å²) in [4.78, 5) is 24.2. The largest absolute Gasteiger partial charge is 0.489 e.